The minimum atomic E-state index is -4.35. The number of guanidine groups is 1. The Bertz CT molecular complexity index is 732. The second-order valence-corrected chi connectivity index (χ2v) is 5.54. The van der Waals surface area contributed by atoms with Gasteiger partial charge in [-0.05, 0) is 23.3 Å². The highest BCUT2D eigenvalue weighted by Gasteiger charge is 2.28. The van der Waals surface area contributed by atoms with Crippen molar-refractivity contribution in [3.05, 3.63) is 53.7 Å². The molecule has 0 spiro atoms. The topological polar surface area (TPSA) is 67.8 Å². The highest BCUT2D eigenvalue weighted by molar-refractivity contribution is 5.79. The van der Waals surface area contributed by atoms with Crippen LogP contribution in [0.15, 0.2) is 47.6 Å². The number of nitrogens with one attached hydrogen (secondary N) is 2. The lowest BCUT2D eigenvalue weighted by Crippen LogP contribution is -2.36. The Labute approximate surface area is 155 Å². The van der Waals surface area contributed by atoms with Crippen LogP contribution in [0.2, 0.25) is 0 Å². The third-order valence-electron chi connectivity index (χ3n) is 3.48. The van der Waals surface area contributed by atoms with Gasteiger partial charge in [-0.25, -0.2) is 4.98 Å². The van der Waals surface area contributed by atoms with Crippen LogP contribution in [0, 0.1) is 0 Å². The Balaban J connectivity index is 1.79. The molecule has 146 valence electrons. The van der Waals surface area contributed by atoms with Crippen LogP contribution in [-0.4, -0.2) is 37.9 Å². The van der Waals surface area contributed by atoms with Crippen LogP contribution in [0.5, 0.6) is 11.6 Å². The van der Waals surface area contributed by atoms with E-state index in [0.29, 0.717) is 24.9 Å². The molecule has 0 aliphatic carbocycles. The second-order valence-electron chi connectivity index (χ2n) is 5.54. The zero-order chi connectivity index (χ0) is 19.7. The highest BCUT2D eigenvalue weighted by Crippen LogP contribution is 2.18. The van der Waals surface area contributed by atoms with Crippen molar-refractivity contribution in [3.8, 4) is 11.6 Å². The van der Waals surface area contributed by atoms with Gasteiger partial charge in [0.15, 0.2) is 12.6 Å². The van der Waals surface area contributed by atoms with Crippen molar-refractivity contribution < 1.29 is 22.6 Å². The molecule has 0 aliphatic rings. The molecule has 0 amide bonds. The predicted octanol–water partition coefficient (Wildman–Crippen LogP) is 2.90. The van der Waals surface area contributed by atoms with Crippen LogP contribution >= 0.6 is 0 Å². The van der Waals surface area contributed by atoms with Gasteiger partial charge in [-0.2, -0.15) is 13.2 Å². The first kappa shape index (κ1) is 20.3. The normalized spacial score (nSPS) is 11.8. The van der Waals surface area contributed by atoms with Gasteiger partial charge in [0.25, 0.3) is 0 Å². The van der Waals surface area contributed by atoms with Crippen LogP contribution < -0.4 is 20.1 Å². The molecule has 9 heteroatoms. The molecule has 6 nitrogen and oxygen atoms in total. The zero-order valence-corrected chi connectivity index (χ0v) is 15.0. The molecule has 2 rings (SSSR count). The third kappa shape index (κ3) is 7.43. The van der Waals surface area contributed by atoms with Gasteiger partial charge >= 0.3 is 6.18 Å². The summed E-state index contributed by atoms with van der Waals surface area (Å²) in [5.41, 5.74) is 1.84. The average Bonchev–Trinajstić information content (AvgIpc) is 2.67. The van der Waals surface area contributed by atoms with E-state index < -0.39 is 12.8 Å². The zero-order valence-electron chi connectivity index (χ0n) is 15.0. The standard InChI is InChI=1S/C18H21F3N4O2/c1-22-17(25-11-14-5-8-16(26-2)23-10-14)24-9-13-3-6-15(7-4-13)27-12-18(19,20)21/h3-8,10H,9,11-12H2,1-2H3,(H2,22,24,25). The summed E-state index contributed by atoms with van der Waals surface area (Å²) in [7, 11) is 3.21. The highest BCUT2D eigenvalue weighted by atomic mass is 19.4. The number of halogens is 3. The molecule has 0 atom stereocenters. The molecule has 0 fully saturated rings. The summed E-state index contributed by atoms with van der Waals surface area (Å²) in [6.45, 7) is -0.317. The molecular formula is C18H21F3N4O2. The lowest BCUT2D eigenvalue weighted by atomic mass is 10.2. The summed E-state index contributed by atoms with van der Waals surface area (Å²) in [6.07, 6.45) is -2.64. The van der Waals surface area contributed by atoms with Crippen LogP contribution in [0.1, 0.15) is 11.1 Å². The molecule has 0 unspecified atom stereocenters. The van der Waals surface area contributed by atoms with Crippen molar-refractivity contribution in [2.75, 3.05) is 20.8 Å². The van der Waals surface area contributed by atoms with Crippen molar-refractivity contribution in [1.29, 1.82) is 0 Å². The van der Waals surface area contributed by atoms with E-state index in [-0.39, 0.29) is 5.75 Å². The maximum Gasteiger partial charge on any atom is 0.422 e. The number of aromatic nitrogens is 1. The Morgan fingerprint density at radius 2 is 1.67 bits per heavy atom. The van der Waals surface area contributed by atoms with E-state index in [1.54, 1.807) is 38.6 Å². The molecule has 1 heterocycles. The van der Waals surface area contributed by atoms with Gasteiger partial charge in [-0.15, -0.1) is 0 Å². The van der Waals surface area contributed by atoms with Crippen molar-refractivity contribution >= 4 is 5.96 Å². The van der Waals surface area contributed by atoms with E-state index in [9.17, 15) is 13.2 Å². The predicted molar refractivity (Wildman–Crippen MR) is 95.8 cm³/mol. The fourth-order valence-corrected chi connectivity index (χ4v) is 2.10. The molecule has 0 saturated carbocycles. The fraction of sp³-hybridized carbons (Fsp3) is 0.333. The van der Waals surface area contributed by atoms with Gasteiger partial charge < -0.3 is 20.1 Å². The Morgan fingerprint density at radius 3 is 2.19 bits per heavy atom. The first-order valence-electron chi connectivity index (χ1n) is 8.11. The smallest absolute Gasteiger partial charge is 0.422 e. The maximum absolute atomic E-state index is 12.1. The number of pyridine rings is 1. The molecule has 0 saturated heterocycles. The lowest BCUT2D eigenvalue weighted by molar-refractivity contribution is -0.153. The molecule has 27 heavy (non-hydrogen) atoms. The Morgan fingerprint density at radius 1 is 1.04 bits per heavy atom. The molecule has 0 radical (unpaired) electrons. The van der Waals surface area contributed by atoms with Gasteiger partial charge in [-0.1, -0.05) is 18.2 Å². The van der Waals surface area contributed by atoms with Crippen molar-refractivity contribution in [3.63, 3.8) is 0 Å². The summed E-state index contributed by atoms with van der Waals surface area (Å²) >= 11 is 0. The van der Waals surface area contributed by atoms with Gasteiger partial charge in [-0.3, -0.25) is 4.99 Å². The average molecular weight is 382 g/mol. The molecule has 1 aromatic carbocycles. The van der Waals surface area contributed by atoms with Gasteiger partial charge in [0.2, 0.25) is 5.88 Å². The summed E-state index contributed by atoms with van der Waals surface area (Å²) in [4.78, 5) is 8.25. The number of aliphatic imine (C=N–C) groups is 1. The minimum absolute atomic E-state index is 0.172. The molecular weight excluding hydrogens is 361 g/mol. The minimum Gasteiger partial charge on any atom is -0.484 e. The van der Waals surface area contributed by atoms with E-state index in [2.05, 4.69) is 25.3 Å². The Kier molecular flexibility index (Phi) is 7.27. The summed E-state index contributed by atoms with van der Waals surface area (Å²) < 4.78 is 46.1. The van der Waals surface area contributed by atoms with Crippen molar-refractivity contribution in [1.82, 2.24) is 15.6 Å². The van der Waals surface area contributed by atoms with E-state index in [0.717, 1.165) is 11.1 Å². The quantitative estimate of drug-likeness (QED) is 0.569. The number of hydrogen-bond acceptors (Lipinski definition) is 4. The van der Waals surface area contributed by atoms with Crippen molar-refractivity contribution in [2.45, 2.75) is 19.3 Å². The number of hydrogen-bond donors (Lipinski definition) is 2. The third-order valence-corrected chi connectivity index (χ3v) is 3.48. The SMILES string of the molecule is CN=C(NCc1ccc(OCC(F)(F)F)cc1)NCc1ccc(OC)nc1. The number of alkyl halides is 3. The van der Waals surface area contributed by atoms with E-state index in [1.165, 1.54) is 12.1 Å². The van der Waals surface area contributed by atoms with Crippen molar-refractivity contribution in [2.24, 2.45) is 4.99 Å². The number of benzene rings is 1. The van der Waals surface area contributed by atoms with Gasteiger partial charge in [0.05, 0.1) is 7.11 Å². The lowest BCUT2D eigenvalue weighted by Gasteiger charge is -2.13. The van der Waals surface area contributed by atoms with E-state index in [1.807, 2.05) is 6.07 Å². The van der Waals surface area contributed by atoms with E-state index in [4.69, 9.17) is 4.74 Å². The number of ether oxygens (including phenoxy) is 2. The summed E-state index contributed by atoms with van der Waals surface area (Å²) in [6, 6.07) is 10.1. The molecule has 0 bridgehead atoms. The van der Waals surface area contributed by atoms with Gasteiger partial charge in [0.1, 0.15) is 5.75 Å². The molecule has 0 aliphatic heterocycles. The van der Waals surface area contributed by atoms with Crippen LogP contribution in [0.4, 0.5) is 13.2 Å². The van der Waals surface area contributed by atoms with Gasteiger partial charge in [0, 0.05) is 32.4 Å². The number of nitrogens with zero attached hydrogens (tertiary/aromatic N) is 2. The summed E-state index contributed by atoms with van der Waals surface area (Å²) in [5.74, 6) is 1.30. The van der Waals surface area contributed by atoms with Crippen LogP contribution in [0.25, 0.3) is 0 Å². The fourth-order valence-electron chi connectivity index (χ4n) is 2.10. The second kappa shape index (κ2) is 9.65. The van der Waals surface area contributed by atoms with Crippen LogP contribution in [0.3, 0.4) is 0 Å². The van der Waals surface area contributed by atoms with E-state index >= 15 is 0 Å². The molecule has 2 aromatic rings. The first-order chi connectivity index (χ1) is 12.9. The largest absolute Gasteiger partial charge is 0.484 e. The maximum atomic E-state index is 12.1. The monoisotopic (exact) mass is 382 g/mol. The molecule has 1 aromatic heterocycles. The number of methoxy groups -OCH3 is 1. The number of rotatable bonds is 7. The van der Waals surface area contributed by atoms with Crippen LogP contribution in [-0.2, 0) is 13.1 Å². The first-order valence-corrected chi connectivity index (χ1v) is 8.11. The Hall–Kier alpha value is -2.97. The summed E-state index contributed by atoms with van der Waals surface area (Å²) in [5, 5.41) is 6.28. The molecule has 2 N–H and O–H groups in total.